The van der Waals surface area contributed by atoms with Gasteiger partial charge in [0.05, 0.1) is 27.2 Å². The van der Waals surface area contributed by atoms with E-state index >= 15 is 4.39 Å². The van der Waals surface area contributed by atoms with Crippen molar-refractivity contribution in [2.24, 2.45) is 5.14 Å². The molecule has 12 heteroatoms. The van der Waals surface area contributed by atoms with Crippen molar-refractivity contribution in [3.8, 4) is 23.3 Å². The fourth-order valence-corrected chi connectivity index (χ4v) is 4.04. The molecule has 182 valence electrons. The molecule has 3 N–H and O–H groups in total. The normalized spacial score (nSPS) is 11.0. The summed E-state index contributed by atoms with van der Waals surface area (Å²) in [5.74, 6) is -1.73. The quantitative estimate of drug-likeness (QED) is 0.414. The number of carbonyl (C=O) groups excluding carboxylic acids is 1. The monoisotopic (exact) mass is 537 g/mol. The lowest BCUT2D eigenvalue weighted by molar-refractivity contribution is -0.118. The summed E-state index contributed by atoms with van der Waals surface area (Å²) in [5.41, 5.74) is 0.887. The molecule has 0 aliphatic carbocycles. The van der Waals surface area contributed by atoms with Crippen molar-refractivity contribution in [3.63, 3.8) is 0 Å². The number of aryl methyl sites for hydroxylation is 1. The number of amides is 1. The SMILES string of the molecule is CCc1ccc(OCC(=O)Nc2ccc(S(N)(=O)=O)cc2Cl)c(F)c1Oc1cc(Cl)cc(C#N)c1. The maximum Gasteiger partial charge on any atom is 0.262 e. The number of carbonyl (C=O) groups is 1. The van der Waals surface area contributed by atoms with Crippen LogP contribution in [0, 0.1) is 17.1 Å². The predicted octanol–water partition coefficient (Wildman–Crippen LogP) is 5.02. The average molecular weight is 538 g/mol. The van der Waals surface area contributed by atoms with Gasteiger partial charge in [0.1, 0.15) is 5.75 Å². The first-order valence-corrected chi connectivity index (χ1v) is 12.3. The number of primary sulfonamides is 1. The van der Waals surface area contributed by atoms with E-state index < -0.39 is 28.4 Å². The Balaban J connectivity index is 1.76. The first-order valence-electron chi connectivity index (χ1n) is 9.96. The lowest BCUT2D eigenvalue weighted by atomic mass is 10.1. The molecule has 0 aliphatic rings. The van der Waals surface area contributed by atoms with Crippen molar-refractivity contribution in [3.05, 3.63) is 75.5 Å². The third kappa shape index (κ3) is 6.61. The summed E-state index contributed by atoms with van der Waals surface area (Å²) in [6.07, 6.45) is 0.436. The average Bonchev–Trinajstić information content (AvgIpc) is 2.79. The van der Waals surface area contributed by atoms with Gasteiger partial charge in [0.25, 0.3) is 5.91 Å². The molecular weight excluding hydrogens is 520 g/mol. The number of nitrogens with one attached hydrogen (secondary N) is 1. The standard InChI is InChI=1S/C23H18Cl2FN3O5S/c1-2-14-3-6-20(22(26)23(14)34-16-8-13(11-27)7-15(24)9-16)33-12-21(30)29-19-5-4-17(10-18(19)25)35(28,31)32/h3-10H,2,12H2,1H3,(H,29,30)(H2,28,31,32). The molecule has 0 aromatic heterocycles. The van der Waals surface area contributed by atoms with Crippen molar-refractivity contribution in [1.29, 1.82) is 5.26 Å². The molecule has 0 fully saturated rings. The van der Waals surface area contributed by atoms with Crippen molar-refractivity contribution in [1.82, 2.24) is 0 Å². The number of nitriles is 1. The van der Waals surface area contributed by atoms with Gasteiger partial charge in [0.15, 0.2) is 18.1 Å². The lowest BCUT2D eigenvalue weighted by Crippen LogP contribution is -2.21. The van der Waals surface area contributed by atoms with Gasteiger partial charge >= 0.3 is 0 Å². The number of sulfonamides is 1. The maximum absolute atomic E-state index is 15.2. The van der Waals surface area contributed by atoms with Gasteiger partial charge in [-0.05, 0) is 54.4 Å². The van der Waals surface area contributed by atoms with E-state index in [1.54, 1.807) is 13.0 Å². The lowest BCUT2D eigenvalue weighted by Gasteiger charge is -2.15. The van der Waals surface area contributed by atoms with E-state index in [4.69, 9.17) is 43.1 Å². The number of ether oxygens (including phenoxy) is 2. The van der Waals surface area contributed by atoms with Crippen LogP contribution >= 0.6 is 23.2 Å². The van der Waals surface area contributed by atoms with Crippen LogP contribution in [0.5, 0.6) is 17.2 Å². The fourth-order valence-electron chi connectivity index (χ4n) is 2.99. The number of anilines is 1. The summed E-state index contributed by atoms with van der Waals surface area (Å²) in [4.78, 5) is 12.1. The third-order valence-corrected chi connectivity index (χ3v) is 6.09. The predicted molar refractivity (Wildman–Crippen MR) is 129 cm³/mol. The summed E-state index contributed by atoms with van der Waals surface area (Å²) >= 11 is 12.0. The fraction of sp³-hybridized carbons (Fsp3) is 0.130. The molecule has 35 heavy (non-hydrogen) atoms. The second-order valence-corrected chi connectivity index (χ2v) is 9.54. The van der Waals surface area contributed by atoms with E-state index in [1.807, 2.05) is 6.07 Å². The van der Waals surface area contributed by atoms with Crippen LogP contribution in [0.2, 0.25) is 10.0 Å². The topological polar surface area (TPSA) is 132 Å². The molecule has 1 amide bonds. The van der Waals surface area contributed by atoms with Gasteiger partial charge in [-0.1, -0.05) is 36.2 Å². The van der Waals surface area contributed by atoms with Gasteiger partial charge in [0, 0.05) is 5.02 Å². The molecule has 0 bridgehead atoms. The largest absolute Gasteiger partial charge is 0.481 e. The minimum Gasteiger partial charge on any atom is -0.481 e. The van der Waals surface area contributed by atoms with Crippen LogP contribution in [0.15, 0.2) is 53.4 Å². The van der Waals surface area contributed by atoms with Crippen molar-refractivity contribution in [2.45, 2.75) is 18.2 Å². The van der Waals surface area contributed by atoms with Crippen LogP contribution < -0.4 is 19.9 Å². The van der Waals surface area contributed by atoms with E-state index in [0.717, 1.165) is 6.07 Å². The molecule has 0 saturated heterocycles. The Morgan fingerprint density at radius 2 is 1.91 bits per heavy atom. The summed E-state index contributed by atoms with van der Waals surface area (Å²) < 4.78 is 49.0. The number of benzene rings is 3. The number of nitrogens with two attached hydrogens (primary N) is 1. The zero-order valence-corrected chi connectivity index (χ0v) is 20.5. The number of halogens is 3. The molecule has 0 radical (unpaired) electrons. The Morgan fingerprint density at radius 1 is 1.17 bits per heavy atom. The van der Waals surface area contributed by atoms with Crippen molar-refractivity contribution < 1.29 is 27.1 Å². The zero-order chi connectivity index (χ0) is 25.8. The number of hydrogen-bond acceptors (Lipinski definition) is 6. The molecule has 0 spiro atoms. The minimum atomic E-state index is -3.96. The van der Waals surface area contributed by atoms with Crippen LogP contribution in [0.1, 0.15) is 18.1 Å². The molecule has 0 heterocycles. The van der Waals surface area contributed by atoms with Gasteiger partial charge in [-0.2, -0.15) is 9.65 Å². The highest BCUT2D eigenvalue weighted by molar-refractivity contribution is 7.89. The highest BCUT2D eigenvalue weighted by Crippen LogP contribution is 2.35. The number of hydrogen-bond donors (Lipinski definition) is 2. The zero-order valence-electron chi connectivity index (χ0n) is 18.1. The van der Waals surface area contributed by atoms with Crippen LogP contribution in [0.3, 0.4) is 0 Å². The van der Waals surface area contributed by atoms with Crippen molar-refractivity contribution >= 4 is 44.8 Å². The smallest absolute Gasteiger partial charge is 0.262 e. The molecule has 0 saturated carbocycles. The Kier molecular flexibility index (Phi) is 8.19. The van der Waals surface area contributed by atoms with Gasteiger partial charge in [-0.3, -0.25) is 4.79 Å². The Morgan fingerprint density at radius 3 is 2.54 bits per heavy atom. The molecule has 0 atom stereocenters. The van der Waals surface area contributed by atoms with Crippen LogP contribution in [0.4, 0.5) is 10.1 Å². The second-order valence-electron chi connectivity index (χ2n) is 7.13. The van der Waals surface area contributed by atoms with Gasteiger partial charge in [-0.25, -0.2) is 13.6 Å². The highest BCUT2D eigenvalue weighted by atomic mass is 35.5. The minimum absolute atomic E-state index is 0.0581. The summed E-state index contributed by atoms with van der Waals surface area (Å²) in [7, 11) is -3.96. The molecule has 3 aromatic carbocycles. The first-order chi connectivity index (χ1) is 16.5. The van der Waals surface area contributed by atoms with Crippen LogP contribution in [-0.4, -0.2) is 20.9 Å². The van der Waals surface area contributed by atoms with Gasteiger partial charge in [0.2, 0.25) is 15.8 Å². The Labute approximate surface area is 211 Å². The van der Waals surface area contributed by atoms with Crippen LogP contribution in [0.25, 0.3) is 0 Å². The highest BCUT2D eigenvalue weighted by Gasteiger charge is 2.18. The van der Waals surface area contributed by atoms with Crippen LogP contribution in [-0.2, 0) is 21.2 Å². The molecule has 3 aromatic rings. The molecule has 3 rings (SSSR count). The van der Waals surface area contributed by atoms with E-state index in [1.165, 1.54) is 36.4 Å². The number of nitrogens with zero attached hydrogens (tertiary/aromatic N) is 1. The van der Waals surface area contributed by atoms with E-state index in [2.05, 4.69) is 5.32 Å². The Hall–Kier alpha value is -3.36. The molecular formula is C23H18Cl2FN3O5S. The summed E-state index contributed by atoms with van der Waals surface area (Å²) in [6, 6.07) is 12.7. The third-order valence-electron chi connectivity index (χ3n) is 4.65. The van der Waals surface area contributed by atoms with Gasteiger partial charge < -0.3 is 14.8 Å². The summed E-state index contributed by atoms with van der Waals surface area (Å²) in [6.45, 7) is 1.23. The van der Waals surface area contributed by atoms with E-state index in [0.29, 0.717) is 12.0 Å². The second kappa shape index (κ2) is 10.9. The number of rotatable bonds is 8. The van der Waals surface area contributed by atoms with E-state index in [-0.39, 0.29) is 43.4 Å². The Bertz CT molecular complexity index is 1440. The van der Waals surface area contributed by atoms with E-state index in [9.17, 15) is 13.2 Å². The maximum atomic E-state index is 15.2. The molecule has 0 unspecified atom stereocenters. The molecule has 8 nitrogen and oxygen atoms in total. The molecule has 0 aliphatic heterocycles. The first kappa shape index (κ1) is 26.2. The van der Waals surface area contributed by atoms with Gasteiger partial charge in [-0.15, -0.1) is 0 Å². The van der Waals surface area contributed by atoms with Crippen molar-refractivity contribution in [2.75, 3.05) is 11.9 Å². The summed E-state index contributed by atoms with van der Waals surface area (Å²) in [5, 5.41) is 16.8.